The van der Waals surface area contributed by atoms with Crippen LogP contribution in [-0.4, -0.2) is 131 Å². The van der Waals surface area contributed by atoms with Gasteiger partial charge in [0.1, 0.15) is 30.2 Å². The number of likely N-dealkylation sites (N-methyl/N-ethyl adjacent to an activating group) is 1. The number of aliphatic hydroxyl groups excluding tert-OH is 1. The number of aryl methyl sites for hydroxylation is 1. The first-order valence-electron chi connectivity index (χ1n) is 20.3. The molecule has 57 heavy (non-hydrogen) atoms. The number of hydrogen-bond donors (Lipinski definition) is 1. The number of carbonyl (C=O) groups is 4. The first-order valence-corrected chi connectivity index (χ1v) is 21.1. The number of ketones is 2. The second-order valence-corrected chi connectivity index (χ2v) is 17.8. The van der Waals surface area contributed by atoms with E-state index in [0.717, 1.165) is 23.3 Å². The maximum Gasteiger partial charge on any atom is 0.410 e. The van der Waals surface area contributed by atoms with Crippen molar-refractivity contribution in [3.05, 3.63) is 35.7 Å². The van der Waals surface area contributed by atoms with E-state index in [9.17, 15) is 24.3 Å². The highest BCUT2D eigenvalue weighted by atomic mass is 32.1. The van der Waals surface area contributed by atoms with Crippen molar-refractivity contribution >= 4 is 35.0 Å². The molecule has 0 saturated carbocycles. The van der Waals surface area contributed by atoms with E-state index >= 15 is 0 Å². The Morgan fingerprint density at radius 2 is 1.70 bits per heavy atom. The van der Waals surface area contributed by atoms with Gasteiger partial charge in [-0.25, -0.2) is 14.8 Å². The lowest BCUT2D eigenvalue weighted by atomic mass is 9.75. The Balaban J connectivity index is 1.40. The minimum absolute atomic E-state index is 0.132. The van der Waals surface area contributed by atoms with Crippen LogP contribution in [-0.2, 0) is 44.5 Å². The highest BCUT2D eigenvalue weighted by molar-refractivity contribution is 7.15. The van der Waals surface area contributed by atoms with Crippen molar-refractivity contribution in [2.24, 2.45) is 23.7 Å². The first kappa shape index (κ1) is 44.8. The first-order chi connectivity index (χ1) is 27.0. The van der Waals surface area contributed by atoms with Crippen LogP contribution in [0.3, 0.4) is 0 Å². The van der Waals surface area contributed by atoms with Crippen LogP contribution in [0.5, 0.6) is 0 Å². The highest BCUT2D eigenvalue weighted by Gasteiger charge is 2.54. The molecule has 0 unspecified atom stereocenters. The van der Waals surface area contributed by atoms with E-state index in [2.05, 4.69) is 22.1 Å². The topological polar surface area (TPSA) is 167 Å². The average Bonchev–Trinajstić information content (AvgIpc) is 3.80. The lowest BCUT2D eigenvalue weighted by Gasteiger charge is -2.47. The van der Waals surface area contributed by atoms with Crippen molar-refractivity contribution in [2.45, 2.75) is 141 Å². The van der Waals surface area contributed by atoms with Gasteiger partial charge in [0, 0.05) is 65.2 Å². The van der Waals surface area contributed by atoms with Crippen LogP contribution >= 0.6 is 11.3 Å². The number of nitrogens with zero attached hydrogens (tertiary/aromatic N) is 4. The summed E-state index contributed by atoms with van der Waals surface area (Å²) in [4.78, 5) is 70.3. The lowest BCUT2D eigenvalue weighted by Crippen LogP contribution is -2.59. The summed E-state index contributed by atoms with van der Waals surface area (Å²) >= 11 is 1.68. The summed E-state index contributed by atoms with van der Waals surface area (Å²) in [5.41, 5.74) is -0.295. The maximum atomic E-state index is 14.6. The Labute approximate surface area is 340 Å². The van der Waals surface area contributed by atoms with Crippen LogP contribution in [0, 0.1) is 23.7 Å². The van der Waals surface area contributed by atoms with E-state index in [1.54, 1.807) is 49.4 Å². The number of rotatable bonds is 11. The number of aromatic nitrogens is 2. The number of methoxy groups -OCH3 is 1. The fraction of sp³-hybridized carbons (Fsp3) is 0.714. The summed E-state index contributed by atoms with van der Waals surface area (Å²) < 4.78 is 30.9. The Hall–Kier alpha value is -3.34. The molecule has 1 N–H and O–H groups in total. The van der Waals surface area contributed by atoms with Gasteiger partial charge in [-0.05, 0) is 85.5 Å². The zero-order valence-electron chi connectivity index (χ0n) is 35.1. The molecule has 5 heterocycles. The molecule has 0 bridgehead atoms. The molecule has 0 aromatic carbocycles. The Kier molecular flexibility index (Phi) is 15.0. The molecule has 15 heteroatoms. The van der Waals surface area contributed by atoms with Gasteiger partial charge < -0.3 is 38.6 Å². The molecule has 2 aromatic rings. The molecule has 316 valence electrons. The summed E-state index contributed by atoms with van der Waals surface area (Å²) in [5, 5.41) is 11.4. The highest BCUT2D eigenvalue weighted by Crippen LogP contribution is 2.39. The molecule has 3 aliphatic rings. The number of aliphatic hydroxyl groups is 1. The number of carbonyl (C=O) groups excluding carboxylic acids is 4. The number of Topliss-reactive ketones (excluding diaryl/α,β-unsaturated/α-hetero) is 2. The minimum atomic E-state index is -1.25. The molecule has 3 fully saturated rings. The molecular weight excluding hydrogens is 753 g/mol. The summed E-state index contributed by atoms with van der Waals surface area (Å²) in [7, 11) is 5.25. The third kappa shape index (κ3) is 9.93. The van der Waals surface area contributed by atoms with Gasteiger partial charge in [0.05, 0.1) is 23.9 Å². The van der Waals surface area contributed by atoms with Crippen LogP contribution < -0.4 is 0 Å². The Morgan fingerprint density at radius 3 is 2.35 bits per heavy atom. The number of thiophene rings is 1. The predicted octanol–water partition coefficient (Wildman–Crippen LogP) is 5.34. The second-order valence-electron chi connectivity index (χ2n) is 16.6. The van der Waals surface area contributed by atoms with Gasteiger partial charge in [0.2, 0.25) is 0 Å². The summed E-state index contributed by atoms with van der Waals surface area (Å²) in [5.74, 6) is -4.81. The van der Waals surface area contributed by atoms with E-state index in [4.69, 9.17) is 23.7 Å². The average molecular weight is 815 g/mol. The van der Waals surface area contributed by atoms with Crippen LogP contribution in [0.2, 0.25) is 0 Å². The summed E-state index contributed by atoms with van der Waals surface area (Å²) in [6, 6.07) is 3.15. The third-order valence-corrected chi connectivity index (χ3v) is 13.4. The molecule has 0 spiro atoms. The van der Waals surface area contributed by atoms with Gasteiger partial charge in [0.25, 0.3) is 0 Å². The van der Waals surface area contributed by atoms with Crippen molar-refractivity contribution in [1.29, 1.82) is 0 Å². The monoisotopic (exact) mass is 814 g/mol. The number of cyclic esters (lactones) is 1. The zero-order valence-corrected chi connectivity index (χ0v) is 35.9. The smallest absolute Gasteiger partial charge is 0.410 e. The zero-order chi connectivity index (χ0) is 41.8. The molecule has 13 atom stereocenters. The minimum Gasteiger partial charge on any atom is -0.458 e. The molecule has 0 radical (unpaired) electrons. The van der Waals surface area contributed by atoms with E-state index in [1.165, 1.54) is 25.2 Å². The summed E-state index contributed by atoms with van der Waals surface area (Å²) in [6.45, 7) is 12.6. The molecule has 0 aliphatic carbocycles. The molecule has 1 amide bonds. The van der Waals surface area contributed by atoms with E-state index in [1.807, 2.05) is 39.8 Å². The second kappa shape index (κ2) is 19.2. The quantitative estimate of drug-likeness (QED) is 0.176. The molecule has 3 aliphatic heterocycles. The van der Waals surface area contributed by atoms with Crippen LogP contribution in [0.25, 0.3) is 10.4 Å². The van der Waals surface area contributed by atoms with Gasteiger partial charge in [-0.2, -0.15) is 0 Å². The number of hydrogen-bond acceptors (Lipinski definition) is 14. The Bertz CT molecular complexity index is 1690. The normalized spacial score (nSPS) is 35.8. The van der Waals surface area contributed by atoms with Crippen molar-refractivity contribution in [3.63, 3.8) is 0 Å². The molecule has 2 aromatic heterocycles. The largest absolute Gasteiger partial charge is 0.458 e. The van der Waals surface area contributed by atoms with Gasteiger partial charge >= 0.3 is 12.1 Å². The number of esters is 1. The fourth-order valence-electron chi connectivity index (χ4n) is 8.84. The van der Waals surface area contributed by atoms with Gasteiger partial charge in [-0.15, -0.1) is 11.3 Å². The Morgan fingerprint density at radius 1 is 1.00 bits per heavy atom. The van der Waals surface area contributed by atoms with Crippen LogP contribution in [0.1, 0.15) is 85.4 Å². The molecule has 3 saturated heterocycles. The van der Waals surface area contributed by atoms with Crippen LogP contribution in [0.4, 0.5) is 4.79 Å². The van der Waals surface area contributed by atoms with Crippen molar-refractivity contribution < 1.29 is 48.0 Å². The fourth-order valence-corrected chi connectivity index (χ4v) is 9.87. The van der Waals surface area contributed by atoms with Crippen molar-refractivity contribution in [3.8, 4) is 10.4 Å². The predicted molar refractivity (Wildman–Crippen MR) is 213 cm³/mol. The number of fused-ring (bicyclic) bond motifs is 1. The molecule has 5 rings (SSSR count). The molecular formula is C42H62N4O10S. The number of ether oxygens (including phenoxy) is 5. The van der Waals surface area contributed by atoms with E-state index < -0.39 is 83.9 Å². The van der Waals surface area contributed by atoms with Crippen molar-refractivity contribution in [1.82, 2.24) is 19.8 Å². The van der Waals surface area contributed by atoms with Crippen LogP contribution in [0.15, 0.2) is 30.9 Å². The van der Waals surface area contributed by atoms with Gasteiger partial charge in [0.15, 0.2) is 18.2 Å². The number of unbranched alkanes of at least 4 members (excludes halogenated alkanes) is 1. The summed E-state index contributed by atoms with van der Waals surface area (Å²) in [6.07, 6.45) is 2.51. The van der Waals surface area contributed by atoms with Gasteiger partial charge in [-0.3, -0.25) is 14.4 Å². The molecule has 14 nitrogen and oxygen atoms in total. The van der Waals surface area contributed by atoms with Gasteiger partial charge in [-0.1, -0.05) is 27.7 Å². The third-order valence-electron chi connectivity index (χ3n) is 12.2. The standard InChI is InChI=1S/C42H62N4O10S/c1-11-31-37-33(46(41(51)55-37)17-13-12-14-29-15-16-32(57-29)28-20-43-22-44-21-28)25(4)34(47)23(2)19-42(7,52-10)38(26(5)35(48)27(6)39(50)54-31)56-40-36(49)30(45(8)9)18-24(3)53-40/h15-16,20-27,30-31,33,36-38,40,49H,11-14,17-19H2,1-10H3/t23-,24-,25-,26+,27-,30+,31-,33-,36-,37-,38-,40+,42-/m1/s1. The SMILES string of the molecule is CC[C@H]1OC(=O)[C@H](C)C(=O)[C@H](C)[C@@H](O[C@@H]2O[C@H](C)C[C@H](N(C)C)[C@H]2O)[C@](C)(OC)C[C@@H](C)C(=O)[C@H](C)[C@@H]2[C@@H]1OC(=O)N2CCCCc1ccc(-c2cncnc2)s1. The maximum absolute atomic E-state index is 14.6. The number of amides is 1. The van der Waals surface area contributed by atoms with E-state index in [0.29, 0.717) is 25.8 Å². The van der Waals surface area contributed by atoms with E-state index in [-0.39, 0.29) is 24.3 Å². The van der Waals surface area contributed by atoms with Crippen molar-refractivity contribution in [2.75, 3.05) is 27.7 Å². The lowest BCUT2D eigenvalue weighted by molar-refractivity contribution is -0.295.